The van der Waals surface area contributed by atoms with E-state index < -0.39 is 0 Å². The van der Waals surface area contributed by atoms with E-state index in [1.165, 1.54) is 27.8 Å². The molecule has 1 N–H and O–H groups in total. The Balaban J connectivity index is 2.32. The largest absolute Gasteiger partial charge is 0.497 e. The highest BCUT2D eigenvalue weighted by Crippen LogP contribution is 2.31. The summed E-state index contributed by atoms with van der Waals surface area (Å²) >= 11 is 0. The number of para-hydroxylation sites is 1. The number of methoxy groups -OCH3 is 1. The van der Waals surface area contributed by atoms with Crippen LogP contribution in [0.4, 0.5) is 0 Å². The van der Waals surface area contributed by atoms with Gasteiger partial charge in [-0.05, 0) is 49.9 Å². The second-order valence-electron chi connectivity index (χ2n) is 5.15. The fraction of sp³-hybridized carbons (Fsp3) is 0.222. The molecule has 0 aliphatic rings. The topological polar surface area (TPSA) is 26.2 Å². The standard InChI is InChI=1S/C18H20N2O/c1-13-17(12-19-2)16-11-15(21-3)9-10-18(16)20(13)14-7-5-4-6-8-14/h4-11,19H,12H2,1-3H3. The third-order valence-electron chi connectivity index (χ3n) is 3.91. The van der Waals surface area contributed by atoms with Crippen molar-refractivity contribution in [2.45, 2.75) is 13.5 Å². The summed E-state index contributed by atoms with van der Waals surface area (Å²) in [5.74, 6) is 0.894. The first kappa shape index (κ1) is 13.7. The van der Waals surface area contributed by atoms with Crippen molar-refractivity contribution >= 4 is 10.9 Å². The zero-order valence-corrected chi connectivity index (χ0v) is 12.7. The summed E-state index contributed by atoms with van der Waals surface area (Å²) in [6, 6.07) is 16.7. The van der Waals surface area contributed by atoms with Gasteiger partial charge in [0.25, 0.3) is 0 Å². The zero-order valence-electron chi connectivity index (χ0n) is 12.7. The van der Waals surface area contributed by atoms with Crippen LogP contribution in [0.5, 0.6) is 5.75 Å². The number of aromatic nitrogens is 1. The maximum atomic E-state index is 5.38. The summed E-state index contributed by atoms with van der Waals surface area (Å²) in [6.45, 7) is 3.02. The number of rotatable bonds is 4. The van der Waals surface area contributed by atoms with Crippen LogP contribution in [0.15, 0.2) is 48.5 Å². The van der Waals surface area contributed by atoms with Crippen molar-refractivity contribution in [3.63, 3.8) is 0 Å². The quantitative estimate of drug-likeness (QED) is 0.789. The molecule has 0 amide bonds. The number of benzene rings is 2. The van der Waals surface area contributed by atoms with Crippen molar-refractivity contribution in [1.29, 1.82) is 0 Å². The maximum absolute atomic E-state index is 5.38. The lowest BCUT2D eigenvalue weighted by Crippen LogP contribution is -2.06. The first-order valence-electron chi connectivity index (χ1n) is 7.14. The molecular formula is C18H20N2O. The van der Waals surface area contributed by atoms with Gasteiger partial charge in [-0.1, -0.05) is 18.2 Å². The van der Waals surface area contributed by atoms with Gasteiger partial charge in [-0.15, -0.1) is 0 Å². The van der Waals surface area contributed by atoms with Crippen LogP contribution in [-0.2, 0) is 6.54 Å². The molecule has 0 spiro atoms. The molecule has 0 atom stereocenters. The van der Waals surface area contributed by atoms with Gasteiger partial charge in [0.2, 0.25) is 0 Å². The van der Waals surface area contributed by atoms with E-state index in [2.05, 4.69) is 53.2 Å². The highest BCUT2D eigenvalue weighted by atomic mass is 16.5. The van der Waals surface area contributed by atoms with Gasteiger partial charge in [-0.3, -0.25) is 0 Å². The Labute approximate surface area is 125 Å². The average molecular weight is 280 g/mol. The molecule has 1 aromatic heterocycles. The van der Waals surface area contributed by atoms with Gasteiger partial charge >= 0.3 is 0 Å². The number of nitrogens with one attached hydrogen (secondary N) is 1. The van der Waals surface area contributed by atoms with Crippen LogP contribution in [0, 0.1) is 6.92 Å². The molecule has 108 valence electrons. The van der Waals surface area contributed by atoms with Gasteiger partial charge in [0, 0.05) is 23.3 Å². The van der Waals surface area contributed by atoms with Crippen LogP contribution in [-0.4, -0.2) is 18.7 Å². The fourth-order valence-corrected chi connectivity index (χ4v) is 2.90. The normalized spacial score (nSPS) is 11.0. The molecule has 0 unspecified atom stereocenters. The van der Waals surface area contributed by atoms with E-state index in [9.17, 15) is 0 Å². The molecule has 21 heavy (non-hydrogen) atoms. The number of ether oxygens (including phenoxy) is 1. The van der Waals surface area contributed by atoms with Crippen LogP contribution >= 0.6 is 0 Å². The minimum Gasteiger partial charge on any atom is -0.497 e. The van der Waals surface area contributed by atoms with E-state index in [0.717, 1.165) is 12.3 Å². The van der Waals surface area contributed by atoms with Crippen molar-refractivity contribution in [1.82, 2.24) is 9.88 Å². The Morgan fingerprint density at radius 3 is 2.52 bits per heavy atom. The molecule has 0 saturated carbocycles. The molecule has 0 aliphatic heterocycles. The summed E-state index contributed by atoms with van der Waals surface area (Å²) in [7, 11) is 3.69. The highest BCUT2D eigenvalue weighted by molar-refractivity contribution is 5.88. The maximum Gasteiger partial charge on any atom is 0.119 e. The number of nitrogens with zero attached hydrogens (tertiary/aromatic N) is 1. The van der Waals surface area contributed by atoms with E-state index in [-0.39, 0.29) is 0 Å². The predicted molar refractivity (Wildman–Crippen MR) is 87.3 cm³/mol. The Hall–Kier alpha value is -2.26. The fourth-order valence-electron chi connectivity index (χ4n) is 2.90. The van der Waals surface area contributed by atoms with Crippen LogP contribution in [0.1, 0.15) is 11.3 Å². The van der Waals surface area contributed by atoms with Gasteiger partial charge in [0.15, 0.2) is 0 Å². The van der Waals surface area contributed by atoms with Crippen molar-refractivity contribution in [3.8, 4) is 11.4 Å². The van der Waals surface area contributed by atoms with E-state index in [1.807, 2.05) is 19.2 Å². The van der Waals surface area contributed by atoms with Crippen molar-refractivity contribution in [2.75, 3.05) is 14.2 Å². The summed E-state index contributed by atoms with van der Waals surface area (Å²) in [4.78, 5) is 0. The van der Waals surface area contributed by atoms with Crippen molar-refractivity contribution < 1.29 is 4.74 Å². The first-order chi connectivity index (χ1) is 10.3. The lowest BCUT2D eigenvalue weighted by molar-refractivity contribution is 0.415. The monoisotopic (exact) mass is 280 g/mol. The Morgan fingerprint density at radius 1 is 1.10 bits per heavy atom. The summed E-state index contributed by atoms with van der Waals surface area (Å²) in [5, 5.41) is 4.51. The third-order valence-corrected chi connectivity index (χ3v) is 3.91. The van der Waals surface area contributed by atoms with E-state index in [1.54, 1.807) is 7.11 Å². The molecule has 1 heterocycles. The predicted octanol–water partition coefficient (Wildman–Crippen LogP) is 3.67. The van der Waals surface area contributed by atoms with E-state index in [0.29, 0.717) is 0 Å². The van der Waals surface area contributed by atoms with Crippen molar-refractivity contribution in [3.05, 3.63) is 59.8 Å². The summed E-state index contributed by atoms with van der Waals surface area (Å²) < 4.78 is 7.69. The van der Waals surface area contributed by atoms with Gasteiger partial charge in [0.05, 0.1) is 12.6 Å². The molecule has 3 rings (SSSR count). The molecule has 2 aromatic carbocycles. The lowest BCUT2D eigenvalue weighted by Gasteiger charge is -2.08. The molecular weight excluding hydrogens is 260 g/mol. The third kappa shape index (κ3) is 2.30. The van der Waals surface area contributed by atoms with Gasteiger partial charge in [-0.2, -0.15) is 0 Å². The van der Waals surface area contributed by atoms with Crippen LogP contribution < -0.4 is 10.1 Å². The van der Waals surface area contributed by atoms with Crippen molar-refractivity contribution in [2.24, 2.45) is 0 Å². The molecule has 0 radical (unpaired) electrons. The molecule has 0 aliphatic carbocycles. The molecule has 3 nitrogen and oxygen atoms in total. The molecule has 0 fully saturated rings. The molecule has 0 saturated heterocycles. The number of hydrogen-bond donors (Lipinski definition) is 1. The Bertz CT molecular complexity index is 760. The minimum atomic E-state index is 0.843. The molecule has 3 aromatic rings. The zero-order chi connectivity index (χ0) is 14.8. The number of fused-ring (bicyclic) bond motifs is 1. The smallest absolute Gasteiger partial charge is 0.119 e. The molecule has 0 bridgehead atoms. The van der Waals surface area contributed by atoms with E-state index in [4.69, 9.17) is 4.74 Å². The second kappa shape index (κ2) is 5.62. The van der Waals surface area contributed by atoms with Crippen LogP contribution in [0.25, 0.3) is 16.6 Å². The lowest BCUT2D eigenvalue weighted by atomic mass is 10.1. The highest BCUT2D eigenvalue weighted by Gasteiger charge is 2.15. The summed E-state index contributed by atoms with van der Waals surface area (Å²) in [5.41, 5.74) is 4.98. The second-order valence-corrected chi connectivity index (χ2v) is 5.15. The van der Waals surface area contributed by atoms with Gasteiger partial charge in [0.1, 0.15) is 5.75 Å². The average Bonchev–Trinajstić information content (AvgIpc) is 2.80. The van der Waals surface area contributed by atoms with Gasteiger partial charge < -0.3 is 14.6 Å². The number of hydrogen-bond acceptors (Lipinski definition) is 2. The first-order valence-corrected chi connectivity index (χ1v) is 7.14. The van der Waals surface area contributed by atoms with E-state index >= 15 is 0 Å². The Morgan fingerprint density at radius 2 is 1.86 bits per heavy atom. The minimum absolute atomic E-state index is 0.843. The van der Waals surface area contributed by atoms with Gasteiger partial charge in [-0.25, -0.2) is 0 Å². The SMILES string of the molecule is CNCc1c(C)n(-c2ccccc2)c2ccc(OC)cc12. The van der Waals surface area contributed by atoms with Crippen LogP contribution in [0.2, 0.25) is 0 Å². The molecule has 3 heteroatoms. The summed E-state index contributed by atoms with van der Waals surface area (Å²) in [6.07, 6.45) is 0. The van der Waals surface area contributed by atoms with Crippen LogP contribution in [0.3, 0.4) is 0 Å². The Kier molecular flexibility index (Phi) is 3.67.